The molecule has 0 aliphatic carbocycles. The average Bonchev–Trinajstić information content (AvgIpc) is 2.54. The molecule has 0 saturated heterocycles. The third-order valence-corrected chi connectivity index (χ3v) is 3.64. The van der Waals surface area contributed by atoms with Gasteiger partial charge in [0.15, 0.2) is 5.75 Å². The third-order valence-electron chi connectivity index (χ3n) is 3.64. The zero-order chi connectivity index (χ0) is 16.3. The summed E-state index contributed by atoms with van der Waals surface area (Å²) < 4.78 is 4.76. The molecule has 0 aliphatic rings. The second kappa shape index (κ2) is 6.39. The van der Waals surface area contributed by atoms with Crippen LogP contribution in [0.5, 0.6) is 11.5 Å². The molecule has 0 radical (unpaired) electrons. The largest absolute Gasteiger partial charge is 0.504 e. The minimum Gasteiger partial charge on any atom is -0.504 e. The van der Waals surface area contributed by atoms with E-state index in [1.165, 1.54) is 0 Å². The molecule has 0 amide bonds. The van der Waals surface area contributed by atoms with Crippen molar-refractivity contribution in [3.8, 4) is 22.6 Å². The number of hydrogen-bond acceptors (Lipinski definition) is 5. The van der Waals surface area contributed by atoms with Crippen molar-refractivity contribution in [2.24, 2.45) is 0 Å². The maximum Gasteiger partial charge on any atom is 0.382 e. The van der Waals surface area contributed by atoms with E-state index >= 15 is 0 Å². The van der Waals surface area contributed by atoms with Gasteiger partial charge in [0.05, 0.1) is 5.56 Å². The molecule has 0 bridgehead atoms. The molecular formula is C17H19NO4. The highest BCUT2D eigenvalue weighted by molar-refractivity contribution is 5.85. The first-order chi connectivity index (χ1) is 10.5. The van der Waals surface area contributed by atoms with Crippen molar-refractivity contribution in [3.63, 3.8) is 0 Å². The summed E-state index contributed by atoms with van der Waals surface area (Å²) >= 11 is 0. The molecule has 116 valence electrons. The van der Waals surface area contributed by atoms with E-state index in [-0.39, 0.29) is 5.56 Å². The van der Waals surface area contributed by atoms with Gasteiger partial charge in [-0.05, 0) is 25.5 Å². The SMILES string of the molecule is C=Cc1c(-c2coc(=O)c(O)c2O)cccc1N(CC)CC. The Hall–Kier alpha value is -2.69. The van der Waals surface area contributed by atoms with E-state index < -0.39 is 17.1 Å². The molecule has 2 N–H and O–H groups in total. The van der Waals surface area contributed by atoms with Gasteiger partial charge >= 0.3 is 5.63 Å². The Morgan fingerprint density at radius 3 is 2.45 bits per heavy atom. The average molecular weight is 301 g/mol. The highest BCUT2D eigenvalue weighted by atomic mass is 16.4. The molecule has 2 rings (SSSR count). The normalized spacial score (nSPS) is 10.5. The zero-order valence-electron chi connectivity index (χ0n) is 12.7. The van der Waals surface area contributed by atoms with Crippen LogP contribution < -0.4 is 10.5 Å². The molecule has 0 atom stereocenters. The molecule has 1 aromatic carbocycles. The number of benzene rings is 1. The summed E-state index contributed by atoms with van der Waals surface area (Å²) in [6, 6.07) is 5.58. The van der Waals surface area contributed by atoms with E-state index in [1.54, 1.807) is 12.1 Å². The molecule has 0 fully saturated rings. The van der Waals surface area contributed by atoms with Gasteiger partial charge in [-0.15, -0.1) is 0 Å². The van der Waals surface area contributed by atoms with Crippen LogP contribution in [0.25, 0.3) is 17.2 Å². The molecule has 0 aliphatic heterocycles. The fourth-order valence-electron chi connectivity index (χ4n) is 2.48. The topological polar surface area (TPSA) is 73.9 Å². The van der Waals surface area contributed by atoms with E-state index in [1.807, 2.05) is 26.0 Å². The van der Waals surface area contributed by atoms with Gasteiger partial charge in [0.25, 0.3) is 0 Å². The van der Waals surface area contributed by atoms with Gasteiger partial charge in [0.1, 0.15) is 6.26 Å². The fraction of sp³-hybridized carbons (Fsp3) is 0.235. The molecular weight excluding hydrogens is 282 g/mol. The van der Waals surface area contributed by atoms with Crippen molar-refractivity contribution in [3.05, 3.63) is 47.0 Å². The lowest BCUT2D eigenvalue weighted by Gasteiger charge is -2.24. The lowest BCUT2D eigenvalue weighted by atomic mass is 9.98. The van der Waals surface area contributed by atoms with Gasteiger partial charge in [0, 0.05) is 24.3 Å². The molecule has 22 heavy (non-hydrogen) atoms. The maximum absolute atomic E-state index is 11.2. The Morgan fingerprint density at radius 2 is 1.86 bits per heavy atom. The molecule has 0 saturated carbocycles. The van der Waals surface area contributed by atoms with Crippen LogP contribution in [0.2, 0.25) is 0 Å². The predicted octanol–water partition coefficient (Wildman–Crippen LogP) is 3.21. The Kier molecular flexibility index (Phi) is 4.56. The predicted molar refractivity (Wildman–Crippen MR) is 87.4 cm³/mol. The molecule has 0 unspecified atom stereocenters. The second-order valence-corrected chi connectivity index (χ2v) is 4.75. The van der Waals surface area contributed by atoms with E-state index in [4.69, 9.17) is 4.42 Å². The molecule has 0 spiro atoms. The summed E-state index contributed by atoms with van der Waals surface area (Å²) in [5, 5.41) is 19.6. The van der Waals surface area contributed by atoms with Gasteiger partial charge in [-0.2, -0.15) is 0 Å². The quantitative estimate of drug-likeness (QED) is 0.887. The van der Waals surface area contributed by atoms with Crippen LogP contribution in [0, 0.1) is 0 Å². The third kappa shape index (κ3) is 2.57. The number of hydrogen-bond donors (Lipinski definition) is 2. The van der Waals surface area contributed by atoms with Crippen LogP contribution in [0.3, 0.4) is 0 Å². The molecule has 2 aromatic rings. The fourth-order valence-corrected chi connectivity index (χ4v) is 2.48. The summed E-state index contributed by atoms with van der Waals surface area (Å²) in [4.78, 5) is 13.4. The summed E-state index contributed by atoms with van der Waals surface area (Å²) in [6.07, 6.45) is 2.83. The van der Waals surface area contributed by atoms with Crippen LogP contribution in [0.15, 0.2) is 40.3 Å². The molecule has 1 heterocycles. The van der Waals surface area contributed by atoms with E-state index in [0.717, 1.165) is 30.6 Å². The first-order valence-electron chi connectivity index (χ1n) is 7.09. The van der Waals surface area contributed by atoms with E-state index in [9.17, 15) is 15.0 Å². The van der Waals surface area contributed by atoms with Crippen molar-refractivity contribution in [2.75, 3.05) is 18.0 Å². The number of nitrogens with zero attached hydrogens (tertiary/aromatic N) is 1. The van der Waals surface area contributed by atoms with Crippen LogP contribution in [0.4, 0.5) is 5.69 Å². The minimum absolute atomic E-state index is 0.251. The molecule has 5 heteroatoms. The summed E-state index contributed by atoms with van der Waals surface area (Å²) in [5.41, 5.74) is 1.68. The van der Waals surface area contributed by atoms with Crippen LogP contribution in [-0.2, 0) is 0 Å². The first kappa shape index (κ1) is 15.7. The highest BCUT2D eigenvalue weighted by Crippen LogP contribution is 2.39. The minimum atomic E-state index is -0.971. The van der Waals surface area contributed by atoms with Gasteiger partial charge in [0.2, 0.25) is 5.75 Å². The van der Waals surface area contributed by atoms with Gasteiger partial charge in [-0.1, -0.05) is 24.8 Å². The van der Waals surface area contributed by atoms with Crippen molar-refractivity contribution in [2.45, 2.75) is 13.8 Å². The summed E-state index contributed by atoms with van der Waals surface area (Å²) in [5.74, 6) is -1.28. The lowest BCUT2D eigenvalue weighted by molar-refractivity contribution is 0.366. The monoisotopic (exact) mass is 301 g/mol. The Labute approximate surface area is 128 Å². The number of aromatic hydroxyl groups is 2. The standard InChI is InChI=1S/C17H19NO4/c1-4-11-12(8-7-9-14(11)18(5-2)6-3)13-10-22-17(21)16(20)15(13)19/h4,7-10,19-20H,1,5-6H2,2-3H3. The number of rotatable bonds is 5. The van der Waals surface area contributed by atoms with Crippen LogP contribution >= 0.6 is 0 Å². The first-order valence-corrected chi connectivity index (χ1v) is 7.09. The van der Waals surface area contributed by atoms with Crippen LogP contribution in [0.1, 0.15) is 19.4 Å². The smallest absolute Gasteiger partial charge is 0.382 e. The van der Waals surface area contributed by atoms with E-state index in [0.29, 0.717) is 5.56 Å². The molecule has 5 nitrogen and oxygen atoms in total. The van der Waals surface area contributed by atoms with Crippen molar-refractivity contribution in [1.82, 2.24) is 0 Å². The highest BCUT2D eigenvalue weighted by Gasteiger charge is 2.18. The maximum atomic E-state index is 11.2. The lowest BCUT2D eigenvalue weighted by Crippen LogP contribution is -2.22. The summed E-state index contributed by atoms with van der Waals surface area (Å²) in [6.45, 7) is 9.58. The number of anilines is 1. The van der Waals surface area contributed by atoms with Crippen molar-refractivity contribution in [1.29, 1.82) is 0 Å². The van der Waals surface area contributed by atoms with Crippen molar-refractivity contribution < 1.29 is 14.6 Å². The van der Waals surface area contributed by atoms with Gasteiger partial charge < -0.3 is 19.5 Å². The summed E-state index contributed by atoms with van der Waals surface area (Å²) in [7, 11) is 0. The second-order valence-electron chi connectivity index (χ2n) is 4.75. The van der Waals surface area contributed by atoms with Gasteiger partial charge in [-0.3, -0.25) is 0 Å². The Morgan fingerprint density at radius 1 is 1.18 bits per heavy atom. The van der Waals surface area contributed by atoms with E-state index in [2.05, 4.69) is 11.5 Å². The Bertz CT molecular complexity index is 745. The van der Waals surface area contributed by atoms with Crippen molar-refractivity contribution >= 4 is 11.8 Å². The Balaban J connectivity index is 2.72. The molecule has 1 aromatic heterocycles. The van der Waals surface area contributed by atoms with Gasteiger partial charge in [-0.25, -0.2) is 4.79 Å². The zero-order valence-corrected chi connectivity index (χ0v) is 12.7. The van der Waals surface area contributed by atoms with Crippen LogP contribution in [-0.4, -0.2) is 23.3 Å².